The molecule has 0 heterocycles. The highest BCUT2D eigenvalue weighted by Gasteiger charge is 2.18. The molecule has 12 heavy (non-hydrogen) atoms. The molecule has 2 N–H and O–H groups in total. The van der Waals surface area contributed by atoms with Crippen LogP contribution in [0.3, 0.4) is 0 Å². The summed E-state index contributed by atoms with van der Waals surface area (Å²) < 4.78 is 0. The topological polar surface area (TPSA) is 26.0 Å². The molecule has 0 spiro atoms. The third-order valence-electron chi connectivity index (χ3n) is 2.04. The van der Waals surface area contributed by atoms with Crippen LogP contribution in [0.4, 0.5) is 0 Å². The van der Waals surface area contributed by atoms with Crippen LogP contribution in [-0.4, -0.2) is 6.54 Å². The summed E-state index contributed by atoms with van der Waals surface area (Å²) in [7, 11) is 0. The molecule has 0 amide bonds. The van der Waals surface area contributed by atoms with E-state index in [4.69, 9.17) is 5.73 Å². The maximum Gasteiger partial charge on any atom is -0.00486 e. The van der Waals surface area contributed by atoms with Crippen LogP contribution in [0.1, 0.15) is 47.5 Å². The molecule has 0 aromatic carbocycles. The van der Waals surface area contributed by atoms with Gasteiger partial charge >= 0.3 is 0 Å². The zero-order valence-electron chi connectivity index (χ0n) is 9.35. The van der Waals surface area contributed by atoms with Gasteiger partial charge in [0.1, 0.15) is 0 Å². The van der Waals surface area contributed by atoms with Crippen molar-refractivity contribution in [2.45, 2.75) is 47.5 Å². The van der Waals surface area contributed by atoms with E-state index in [0.717, 1.165) is 12.5 Å². The van der Waals surface area contributed by atoms with Gasteiger partial charge in [0.05, 0.1) is 0 Å². The van der Waals surface area contributed by atoms with Gasteiger partial charge in [0.15, 0.2) is 0 Å². The average Bonchev–Trinajstić information content (AvgIpc) is 1.82. The van der Waals surface area contributed by atoms with Crippen LogP contribution in [0, 0.1) is 17.3 Å². The van der Waals surface area contributed by atoms with Crippen LogP contribution in [0.5, 0.6) is 0 Å². The highest BCUT2D eigenvalue weighted by atomic mass is 14.5. The fourth-order valence-corrected chi connectivity index (χ4v) is 1.80. The van der Waals surface area contributed by atoms with E-state index in [2.05, 4.69) is 34.6 Å². The van der Waals surface area contributed by atoms with Gasteiger partial charge in [-0.3, -0.25) is 0 Å². The predicted molar refractivity (Wildman–Crippen MR) is 56.1 cm³/mol. The van der Waals surface area contributed by atoms with Crippen molar-refractivity contribution in [1.82, 2.24) is 0 Å². The molecule has 0 aromatic rings. The predicted octanol–water partition coefficient (Wildman–Crippen LogP) is 3.04. The van der Waals surface area contributed by atoms with Crippen LogP contribution in [0.15, 0.2) is 0 Å². The summed E-state index contributed by atoms with van der Waals surface area (Å²) in [6.07, 6.45) is 2.52. The van der Waals surface area contributed by atoms with Gasteiger partial charge in [-0.1, -0.05) is 34.6 Å². The van der Waals surface area contributed by atoms with Gasteiger partial charge in [0.2, 0.25) is 0 Å². The first-order valence-electron chi connectivity index (χ1n) is 5.05. The Hall–Kier alpha value is -0.0400. The van der Waals surface area contributed by atoms with Crippen molar-refractivity contribution in [2.75, 3.05) is 6.54 Å². The molecular formula is C11H25N. The minimum Gasteiger partial charge on any atom is -0.330 e. The molecule has 0 aromatic heterocycles. The number of hydrogen-bond acceptors (Lipinski definition) is 1. The lowest BCUT2D eigenvalue weighted by Gasteiger charge is -2.26. The molecule has 1 atom stereocenters. The molecule has 1 unspecified atom stereocenters. The third-order valence-corrected chi connectivity index (χ3v) is 2.04. The zero-order chi connectivity index (χ0) is 9.78. The summed E-state index contributed by atoms with van der Waals surface area (Å²) in [4.78, 5) is 0. The molecule has 0 aliphatic carbocycles. The molecule has 0 fully saturated rings. The summed E-state index contributed by atoms with van der Waals surface area (Å²) in [5, 5.41) is 0. The van der Waals surface area contributed by atoms with Gasteiger partial charge in [-0.05, 0) is 36.6 Å². The Kier molecular flexibility index (Phi) is 4.84. The molecule has 0 radical (unpaired) electrons. The summed E-state index contributed by atoms with van der Waals surface area (Å²) in [5.41, 5.74) is 6.16. The fourth-order valence-electron chi connectivity index (χ4n) is 1.80. The second-order valence-corrected chi connectivity index (χ2v) is 5.50. The van der Waals surface area contributed by atoms with E-state index in [1.54, 1.807) is 0 Å². The molecule has 0 saturated heterocycles. The first kappa shape index (κ1) is 12.0. The second-order valence-electron chi connectivity index (χ2n) is 5.50. The van der Waals surface area contributed by atoms with Crippen LogP contribution in [-0.2, 0) is 0 Å². The van der Waals surface area contributed by atoms with E-state index >= 15 is 0 Å². The van der Waals surface area contributed by atoms with Crippen molar-refractivity contribution in [1.29, 1.82) is 0 Å². The van der Waals surface area contributed by atoms with Gasteiger partial charge in [-0.25, -0.2) is 0 Å². The Morgan fingerprint density at radius 1 is 1.17 bits per heavy atom. The Bertz CT molecular complexity index is 111. The highest BCUT2D eigenvalue weighted by molar-refractivity contribution is 4.70. The quantitative estimate of drug-likeness (QED) is 0.691. The smallest absolute Gasteiger partial charge is 0.00486 e. The Balaban J connectivity index is 3.83. The highest BCUT2D eigenvalue weighted by Crippen LogP contribution is 2.27. The first-order chi connectivity index (χ1) is 5.35. The summed E-state index contributed by atoms with van der Waals surface area (Å²) in [6, 6.07) is 0. The number of rotatable bonds is 4. The van der Waals surface area contributed by atoms with Gasteiger partial charge in [-0.15, -0.1) is 0 Å². The number of nitrogens with two attached hydrogens (primary N) is 1. The minimum absolute atomic E-state index is 0.429. The summed E-state index contributed by atoms with van der Waals surface area (Å²) in [5.74, 6) is 1.49. The molecule has 0 bridgehead atoms. The van der Waals surface area contributed by atoms with Crippen molar-refractivity contribution in [3.63, 3.8) is 0 Å². The lowest BCUT2D eigenvalue weighted by atomic mass is 9.81. The van der Waals surface area contributed by atoms with Crippen LogP contribution in [0.2, 0.25) is 0 Å². The second kappa shape index (κ2) is 4.86. The van der Waals surface area contributed by atoms with Crippen LogP contribution < -0.4 is 5.73 Å². The van der Waals surface area contributed by atoms with E-state index in [1.807, 2.05) is 0 Å². The molecule has 0 aliphatic rings. The van der Waals surface area contributed by atoms with Gasteiger partial charge in [-0.2, -0.15) is 0 Å². The van der Waals surface area contributed by atoms with Crippen LogP contribution >= 0.6 is 0 Å². The summed E-state index contributed by atoms with van der Waals surface area (Å²) in [6.45, 7) is 12.2. The molecule has 74 valence electrons. The van der Waals surface area contributed by atoms with Crippen molar-refractivity contribution in [2.24, 2.45) is 23.0 Å². The monoisotopic (exact) mass is 171 g/mol. The SMILES string of the molecule is CC(C)CC(CN)CC(C)(C)C. The maximum atomic E-state index is 5.73. The van der Waals surface area contributed by atoms with E-state index < -0.39 is 0 Å². The first-order valence-corrected chi connectivity index (χ1v) is 5.05. The Morgan fingerprint density at radius 2 is 1.67 bits per heavy atom. The van der Waals surface area contributed by atoms with Gasteiger partial charge in [0.25, 0.3) is 0 Å². The van der Waals surface area contributed by atoms with E-state index in [1.165, 1.54) is 12.8 Å². The van der Waals surface area contributed by atoms with Crippen molar-refractivity contribution < 1.29 is 0 Å². The molecular weight excluding hydrogens is 146 g/mol. The molecule has 1 heteroatoms. The zero-order valence-corrected chi connectivity index (χ0v) is 9.35. The minimum atomic E-state index is 0.429. The van der Waals surface area contributed by atoms with Crippen molar-refractivity contribution in [3.05, 3.63) is 0 Å². The normalized spacial score (nSPS) is 15.2. The van der Waals surface area contributed by atoms with Crippen molar-refractivity contribution in [3.8, 4) is 0 Å². The lowest BCUT2D eigenvalue weighted by Crippen LogP contribution is -2.22. The molecule has 0 rings (SSSR count). The molecule has 0 aliphatic heterocycles. The lowest BCUT2D eigenvalue weighted by molar-refractivity contribution is 0.268. The maximum absolute atomic E-state index is 5.73. The average molecular weight is 171 g/mol. The standard InChI is InChI=1S/C11H25N/c1-9(2)6-10(8-12)7-11(3,4)5/h9-10H,6-8,12H2,1-5H3. The number of hydrogen-bond donors (Lipinski definition) is 1. The van der Waals surface area contributed by atoms with Gasteiger partial charge < -0.3 is 5.73 Å². The fraction of sp³-hybridized carbons (Fsp3) is 1.00. The van der Waals surface area contributed by atoms with E-state index in [0.29, 0.717) is 11.3 Å². The van der Waals surface area contributed by atoms with E-state index in [9.17, 15) is 0 Å². The summed E-state index contributed by atoms with van der Waals surface area (Å²) >= 11 is 0. The third kappa shape index (κ3) is 6.66. The van der Waals surface area contributed by atoms with Crippen LogP contribution in [0.25, 0.3) is 0 Å². The largest absolute Gasteiger partial charge is 0.330 e. The molecule has 1 nitrogen and oxygen atoms in total. The van der Waals surface area contributed by atoms with E-state index in [-0.39, 0.29) is 0 Å². The Morgan fingerprint density at radius 3 is 1.92 bits per heavy atom. The Labute approximate surface area is 77.7 Å². The van der Waals surface area contributed by atoms with Crippen molar-refractivity contribution >= 4 is 0 Å². The van der Waals surface area contributed by atoms with Gasteiger partial charge in [0, 0.05) is 0 Å². The molecule has 0 saturated carbocycles.